The lowest BCUT2D eigenvalue weighted by Gasteiger charge is -2.30. The lowest BCUT2D eigenvalue weighted by molar-refractivity contribution is -0.159. The first-order valence-electron chi connectivity index (χ1n) is 9.35. The first kappa shape index (κ1) is 20.6. The minimum Gasteiger partial charge on any atom is -0.433 e. The number of piperidine rings is 1. The van der Waals surface area contributed by atoms with E-state index in [-0.39, 0.29) is 11.7 Å². The van der Waals surface area contributed by atoms with Crippen molar-refractivity contribution in [3.05, 3.63) is 53.9 Å². The summed E-state index contributed by atoms with van der Waals surface area (Å²) in [4.78, 5) is 19.8. The molecule has 28 heavy (non-hydrogen) atoms. The number of carbonyl (C=O) groups is 1. The van der Waals surface area contributed by atoms with E-state index in [0.717, 1.165) is 36.5 Å². The predicted molar refractivity (Wildman–Crippen MR) is 106 cm³/mol. The number of carbonyl (C=O) groups excluding carboxylic acids is 1. The normalized spacial score (nSPS) is 15.5. The predicted octanol–water partition coefficient (Wildman–Crippen LogP) is 5.24. The Hall–Kier alpha value is -2.15. The molecule has 1 aliphatic heterocycles. The molecular weight excluding hydrogens is 382 g/mol. The number of rotatable bonds is 6. The molecule has 3 rings (SSSR count). The Morgan fingerprint density at radius 1 is 1.25 bits per heavy atom. The molecule has 0 saturated carbocycles. The molecule has 4 nitrogen and oxygen atoms in total. The highest BCUT2D eigenvalue weighted by molar-refractivity contribution is 7.98. The minimum atomic E-state index is -3.22. The van der Waals surface area contributed by atoms with Gasteiger partial charge in [0, 0.05) is 30.7 Å². The third-order valence-electron chi connectivity index (χ3n) is 4.59. The molecule has 0 radical (unpaired) electrons. The van der Waals surface area contributed by atoms with Crippen LogP contribution in [0.2, 0.25) is 0 Å². The molecule has 1 saturated heterocycles. The van der Waals surface area contributed by atoms with Crippen LogP contribution in [0.3, 0.4) is 0 Å². The van der Waals surface area contributed by atoms with Crippen LogP contribution in [0.25, 0.3) is 0 Å². The van der Waals surface area contributed by atoms with Gasteiger partial charge in [-0.2, -0.15) is 8.78 Å². The van der Waals surface area contributed by atoms with E-state index in [9.17, 15) is 13.6 Å². The van der Waals surface area contributed by atoms with Gasteiger partial charge in [-0.25, -0.2) is 4.98 Å². The summed E-state index contributed by atoms with van der Waals surface area (Å²) in [5.74, 6) is 1.28. The fourth-order valence-corrected chi connectivity index (χ4v) is 3.89. The molecular formula is C21H24F2N2O2S. The van der Waals surface area contributed by atoms with Crippen molar-refractivity contribution in [3.8, 4) is 5.75 Å². The second-order valence-corrected chi connectivity index (χ2v) is 8.21. The zero-order chi connectivity index (χ0) is 20.1. The SMILES string of the molecule is CC1CCN(C(=O)c2cccc(CSc3cccc(OC(C)(F)F)c3)n2)CC1. The number of aromatic nitrogens is 1. The molecule has 0 unspecified atom stereocenters. The molecule has 1 fully saturated rings. The van der Waals surface area contributed by atoms with Crippen molar-refractivity contribution in [1.82, 2.24) is 9.88 Å². The van der Waals surface area contributed by atoms with Crippen LogP contribution in [0, 0.1) is 5.92 Å². The minimum absolute atomic E-state index is 0.0284. The monoisotopic (exact) mass is 406 g/mol. The first-order chi connectivity index (χ1) is 13.3. The van der Waals surface area contributed by atoms with Crippen LogP contribution in [0.4, 0.5) is 8.78 Å². The standard InChI is InChI=1S/C21H24F2N2O2S/c1-15-9-11-25(12-10-15)20(26)19-8-3-5-16(24-19)14-28-18-7-4-6-17(13-18)27-21(2,22)23/h3-8,13,15H,9-12,14H2,1-2H3. The summed E-state index contributed by atoms with van der Waals surface area (Å²) in [6.45, 7) is 4.47. The number of ether oxygens (including phenoxy) is 1. The van der Waals surface area contributed by atoms with Gasteiger partial charge in [-0.3, -0.25) is 4.79 Å². The second-order valence-electron chi connectivity index (χ2n) is 7.16. The van der Waals surface area contributed by atoms with E-state index < -0.39 is 6.11 Å². The van der Waals surface area contributed by atoms with E-state index in [2.05, 4.69) is 16.6 Å². The van der Waals surface area contributed by atoms with Crippen molar-refractivity contribution < 1.29 is 18.3 Å². The molecule has 2 aromatic rings. The van der Waals surface area contributed by atoms with Crippen LogP contribution >= 0.6 is 11.8 Å². The van der Waals surface area contributed by atoms with Gasteiger partial charge < -0.3 is 9.64 Å². The highest BCUT2D eigenvalue weighted by Crippen LogP contribution is 2.28. The van der Waals surface area contributed by atoms with Gasteiger partial charge in [-0.1, -0.05) is 19.1 Å². The molecule has 0 spiro atoms. The summed E-state index contributed by atoms with van der Waals surface area (Å²) in [6.07, 6.45) is -1.17. The molecule has 1 aromatic heterocycles. The molecule has 0 N–H and O–H groups in total. The summed E-state index contributed by atoms with van der Waals surface area (Å²) in [5.41, 5.74) is 1.23. The summed E-state index contributed by atoms with van der Waals surface area (Å²) >= 11 is 1.46. The molecule has 1 amide bonds. The molecule has 1 aliphatic rings. The summed E-state index contributed by atoms with van der Waals surface area (Å²) in [6, 6.07) is 12.0. The van der Waals surface area contributed by atoms with Crippen molar-refractivity contribution in [2.75, 3.05) is 13.1 Å². The lowest BCUT2D eigenvalue weighted by Crippen LogP contribution is -2.38. The highest BCUT2D eigenvalue weighted by Gasteiger charge is 2.23. The zero-order valence-corrected chi connectivity index (χ0v) is 16.8. The van der Waals surface area contributed by atoms with Gasteiger partial charge in [-0.15, -0.1) is 11.8 Å². The van der Waals surface area contributed by atoms with Crippen molar-refractivity contribution >= 4 is 17.7 Å². The molecule has 1 aromatic carbocycles. The van der Waals surface area contributed by atoms with E-state index >= 15 is 0 Å². The Morgan fingerprint density at radius 2 is 1.96 bits per heavy atom. The third kappa shape index (κ3) is 5.92. The van der Waals surface area contributed by atoms with Crippen molar-refractivity contribution in [2.45, 2.75) is 43.4 Å². The Balaban J connectivity index is 1.62. The number of hydrogen-bond acceptors (Lipinski definition) is 4. The number of halogens is 2. The maximum Gasteiger partial charge on any atom is 0.394 e. The van der Waals surface area contributed by atoms with Gasteiger partial charge in [0.25, 0.3) is 5.91 Å². The molecule has 7 heteroatoms. The van der Waals surface area contributed by atoms with E-state index in [1.54, 1.807) is 18.2 Å². The third-order valence-corrected chi connectivity index (χ3v) is 5.61. The molecule has 150 valence electrons. The van der Waals surface area contributed by atoms with Gasteiger partial charge in [0.05, 0.1) is 5.69 Å². The molecule has 0 atom stereocenters. The van der Waals surface area contributed by atoms with Crippen LogP contribution in [0.1, 0.15) is 42.9 Å². The Bertz CT molecular complexity index is 818. The highest BCUT2D eigenvalue weighted by atomic mass is 32.2. The number of pyridine rings is 1. The average Bonchev–Trinajstić information content (AvgIpc) is 2.66. The second kappa shape index (κ2) is 8.90. The van der Waals surface area contributed by atoms with Crippen LogP contribution in [-0.2, 0) is 5.75 Å². The number of likely N-dealkylation sites (tertiary alicyclic amines) is 1. The summed E-state index contributed by atoms with van der Waals surface area (Å²) in [7, 11) is 0. The van der Waals surface area contributed by atoms with E-state index in [4.69, 9.17) is 0 Å². The van der Waals surface area contributed by atoms with E-state index in [1.807, 2.05) is 23.1 Å². The topological polar surface area (TPSA) is 42.4 Å². The molecule has 2 heterocycles. The van der Waals surface area contributed by atoms with Crippen LogP contribution < -0.4 is 4.74 Å². The summed E-state index contributed by atoms with van der Waals surface area (Å²) < 4.78 is 30.6. The zero-order valence-electron chi connectivity index (χ0n) is 16.0. The maximum absolute atomic E-state index is 13.0. The smallest absolute Gasteiger partial charge is 0.394 e. The fraction of sp³-hybridized carbons (Fsp3) is 0.429. The van der Waals surface area contributed by atoms with Crippen molar-refractivity contribution in [3.63, 3.8) is 0 Å². The molecule has 0 bridgehead atoms. The van der Waals surface area contributed by atoms with Gasteiger partial charge >= 0.3 is 6.11 Å². The van der Waals surface area contributed by atoms with Crippen LogP contribution in [0.15, 0.2) is 47.4 Å². The largest absolute Gasteiger partial charge is 0.433 e. The Kier molecular flexibility index (Phi) is 6.54. The van der Waals surface area contributed by atoms with Crippen molar-refractivity contribution in [2.24, 2.45) is 5.92 Å². The summed E-state index contributed by atoms with van der Waals surface area (Å²) in [5, 5.41) is 0. The van der Waals surface area contributed by atoms with Gasteiger partial charge in [0.15, 0.2) is 0 Å². The van der Waals surface area contributed by atoms with Crippen LogP contribution in [-0.4, -0.2) is 35.0 Å². The molecule has 0 aliphatic carbocycles. The van der Waals surface area contributed by atoms with Gasteiger partial charge in [0.1, 0.15) is 11.4 Å². The Labute approximate surface area is 168 Å². The number of benzene rings is 1. The number of thioether (sulfide) groups is 1. The first-order valence-corrected chi connectivity index (χ1v) is 10.3. The number of nitrogens with zero attached hydrogens (tertiary/aromatic N) is 2. The average molecular weight is 406 g/mol. The van der Waals surface area contributed by atoms with E-state index in [0.29, 0.717) is 24.3 Å². The van der Waals surface area contributed by atoms with Gasteiger partial charge in [-0.05, 0) is 49.1 Å². The lowest BCUT2D eigenvalue weighted by atomic mass is 9.99. The van der Waals surface area contributed by atoms with Crippen LogP contribution in [0.5, 0.6) is 5.75 Å². The maximum atomic E-state index is 13.0. The van der Waals surface area contributed by atoms with E-state index in [1.165, 1.54) is 17.8 Å². The van der Waals surface area contributed by atoms with Crippen molar-refractivity contribution in [1.29, 1.82) is 0 Å². The number of amides is 1. The number of alkyl halides is 2. The quantitative estimate of drug-likeness (QED) is 0.616. The number of hydrogen-bond donors (Lipinski definition) is 0. The Morgan fingerprint density at radius 3 is 2.68 bits per heavy atom. The van der Waals surface area contributed by atoms with Gasteiger partial charge in [0.2, 0.25) is 0 Å². The fourth-order valence-electron chi connectivity index (χ4n) is 3.04.